The Hall–Kier alpha value is -1.28. The Labute approximate surface area is 159 Å². The van der Waals surface area contributed by atoms with E-state index < -0.39 is 0 Å². The third kappa shape index (κ3) is 6.39. The molecule has 0 atom stereocenters. The highest BCUT2D eigenvalue weighted by Gasteiger charge is 2.00. The maximum atomic E-state index is 5.96. The largest absolute Gasteiger partial charge is 0.370 e. The highest BCUT2D eigenvalue weighted by Crippen LogP contribution is 2.16. The number of pyridine rings is 1. The standard InChI is InChI=1S/C17H22N4S.HI/c1-4-22-16-10-14(7-8-19-16)11-20-17(18)21-15-6-5-12(2)13(3)9-15;/h5-10H,4,11H2,1-3H3,(H3,18,20,21);1H. The number of benzene rings is 1. The van der Waals surface area contributed by atoms with Crippen LogP contribution in [0, 0.1) is 13.8 Å². The maximum Gasteiger partial charge on any atom is 0.193 e. The van der Waals surface area contributed by atoms with Gasteiger partial charge < -0.3 is 11.1 Å². The summed E-state index contributed by atoms with van der Waals surface area (Å²) >= 11 is 1.72. The van der Waals surface area contributed by atoms with Gasteiger partial charge in [-0.15, -0.1) is 35.7 Å². The molecule has 2 aromatic rings. The van der Waals surface area contributed by atoms with Crippen molar-refractivity contribution < 1.29 is 0 Å². The van der Waals surface area contributed by atoms with E-state index in [1.165, 1.54) is 11.1 Å². The fourth-order valence-electron chi connectivity index (χ4n) is 1.96. The Kier molecular flexibility index (Phi) is 8.40. The summed E-state index contributed by atoms with van der Waals surface area (Å²) in [4.78, 5) is 8.70. The molecule has 0 unspecified atom stereocenters. The number of nitrogens with one attached hydrogen (secondary N) is 1. The minimum Gasteiger partial charge on any atom is -0.370 e. The summed E-state index contributed by atoms with van der Waals surface area (Å²) in [5.41, 5.74) is 10.5. The minimum atomic E-state index is 0. The lowest BCUT2D eigenvalue weighted by atomic mass is 10.1. The van der Waals surface area contributed by atoms with Crippen molar-refractivity contribution in [2.45, 2.75) is 32.3 Å². The van der Waals surface area contributed by atoms with Gasteiger partial charge in [0.15, 0.2) is 5.96 Å². The van der Waals surface area contributed by atoms with E-state index in [1.54, 1.807) is 11.8 Å². The van der Waals surface area contributed by atoms with E-state index in [2.05, 4.69) is 54.3 Å². The van der Waals surface area contributed by atoms with Gasteiger partial charge in [-0.2, -0.15) is 0 Å². The van der Waals surface area contributed by atoms with Gasteiger partial charge in [0.25, 0.3) is 0 Å². The molecule has 0 bridgehead atoms. The first-order chi connectivity index (χ1) is 10.6. The molecule has 1 aromatic heterocycles. The van der Waals surface area contributed by atoms with Crippen molar-refractivity contribution in [1.29, 1.82) is 0 Å². The number of halogens is 1. The quantitative estimate of drug-likeness (QED) is 0.313. The molecule has 2 rings (SSSR count). The number of anilines is 1. The summed E-state index contributed by atoms with van der Waals surface area (Å²) in [7, 11) is 0. The van der Waals surface area contributed by atoms with Crippen molar-refractivity contribution in [3.8, 4) is 0 Å². The molecule has 0 fully saturated rings. The van der Waals surface area contributed by atoms with E-state index in [0.717, 1.165) is 22.0 Å². The molecule has 0 amide bonds. The zero-order chi connectivity index (χ0) is 15.9. The molecule has 0 spiro atoms. The fraction of sp³-hybridized carbons (Fsp3) is 0.294. The number of nitrogens with zero attached hydrogens (tertiary/aromatic N) is 2. The summed E-state index contributed by atoms with van der Waals surface area (Å²) in [6.07, 6.45) is 1.82. The van der Waals surface area contributed by atoms with Crippen LogP contribution >= 0.6 is 35.7 Å². The summed E-state index contributed by atoms with van der Waals surface area (Å²) in [5.74, 6) is 1.43. The second kappa shape index (κ2) is 9.77. The Bertz CT molecular complexity index is 673. The van der Waals surface area contributed by atoms with Crippen LogP contribution in [0.2, 0.25) is 0 Å². The average molecular weight is 442 g/mol. The average Bonchev–Trinajstić information content (AvgIpc) is 2.50. The van der Waals surface area contributed by atoms with Crippen molar-refractivity contribution >= 4 is 47.4 Å². The molecule has 0 radical (unpaired) electrons. The normalized spacial score (nSPS) is 11.0. The summed E-state index contributed by atoms with van der Waals surface area (Å²) < 4.78 is 0. The van der Waals surface area contributed by atoms with Gasteiger partial charge in [0, 0.05) is 11.9 Å². The van der Waals surface area contributed by atoms with Crippen LogP contribution in [0.4, 0.5) is 5.69 Å². The van der Waals surface area contributed by atoms with Crippen molar-refractivity contribution in [2.75, 3.05) is 11.1 Å². The molecular formula is C17H23IN4S. The van der Waals surface area contributed by atoms with Gasteiger partial charge >= 0.3 is 0 Å². The molecule has 0 aliphatic heterocycles. The van der Waals surface area contributed by atoms with Crippen LogP contribution in [0.3, 0.4) is 0 Å². The molecule has 1 heterocycles. The lowest BCUT2D eigenvalue weighted by molar-refractivity contribution is 1.01. The van der Waals surface area contributed by atoms with Gasteiger partial charge in [0.05, 0.1) is 11.6 Å². The first kappa shape index (κ1) is 19.8. The molecule has 1 aromatic carbocycles. The number of aromatic nitrogens is 1. The van der Waals surface area contributed by atoms with E-state index >= 15 is 0 Å². The van der Waals surface area contributed by atoms with Crippen LogP contribution in [0.25, 0.3) is 0 Å². The molecule has 6 heteroatoms. The number of hydrogen-bond acceptors (Lipinski definition) is 3. The lowest BCUT2D eigenvalue weighted by Crippen LogP contribution is -2.22. The van der Waals surface area contributed by atoms with E-state index in [4.69, 9.17) is 5.73 Å². The monoisotopic (exact) mass is 442 g/mol. The number of aryl methyl sites for hydroxylation is 2. The number of thioether (sulfide) groups is 1. The van der Waals surface area contributed by atoms with E-state index in [1.807, 2.05) is 18.3 Å². The Balaban J connectivity index is 0.00000264. The number of guanidine groups is 1. The molecule has 0 saturated carbocycles. The summed E-state index contributed by atoms with van der Waals surface area (Å²) in [6, 6.07) is 10.2. The maximum absolute atomic E-state index is 5.96. The topological polar surface area (TPSA) is 63.3 Å². The zero-order valence-electron chi connectivity index (χ0n) is 13.7. The van der Waals surface area contributed by atoms with E-state index in [9.17, 15) is 0 Å². The number of rotatable bonds is 5. The van der Waals surface area contributed by atoms with Gasteiger partial charge in [-0.25, -0.2) is 9.98 Å². The molecule has 4 nitrogen and oxygen atoms in total. The first-order valence-corrected chi connectivity index (χ1v) is 8.29. The summed E-state index contributed by atoms with van der Waals surface area (Å²) in [5, 5.41) is 4.15. The third-order valence-corrected chi connectivity index (χ3v) is 4.11. The van der Waals surface area contributed by atoms with Gasteiger partial charge in [-0.3, -0.25) is 0 Å². The van der Waals surface area contributed by atoms with Crippen LogP contribution in [0.1, 0.15) is 23.6 Å². The SMILES string of the molecule is CCSc1cc(CN=C(N)Nc2ccc(C)c(C)c2)ccn1.I. The second-order valence-electron chi connectivity index (χ2n) is 5.06. The molecule has 124 valence electrons. The van der Waals surface area contributed by atoms with Gasteiger partial charge in [-0.05, 0) is 60.6 Å². The molecule has 0 aliphatic rings. The van der Waals surface area contributed by atoms with Crippen molar-refractivity contribution in [3.05, 3.63) is 53.2 Å². The van der Waals surface area contributed by atoms with Crippen LogP contribution in [-0.2, 0) is 6.54 Å². The van der Waals surface area contributed by atoms with Gasteiger partial charge in [0.1, 0.15) is 0 Å². The predicted octanol–water partition coefficient (Wildman–Crippen LogP) is 4.36. The van der Waals surface area contributed by atoms with Crippen LogP contribution in [-0.4, -0.2) is 16.7 Å². The van der Waals surface area contributed by atoms with Gasteiger partial charge in [-0.1, -0.05) is 13.0 Å². The Morgan fingerprint density at radius 2 is 2.00 bits per heavy atom. The molecule has 23 heavy (non-hydrogen) atoms. The van der Waals surface area contributed by atoms with Crippen LogP contribution in [0.15, 0.2) is 46.5 Å². The number of aliphatic imine (C=N–C) groups is 1. The zero-order valence-corrected chi connectivity index (χ0v) is 16.8. The fourth-order valence-corrected chi connectivity index (χ4v) is 2.62. The second-order valence-corrected chi connectivity index (χ2v) is 6.35. The molecular weight excluding hydrogens is 419 g/mol. The Morgan fingerprint density at radius 3 is 2.70 bits per heavy atom. The third-order valence-electron chi connectivity index (χ3n) is 3.30. The van der Waals surface area contributed by atoms with Crippen LogP contribution in [0.5, 0.6) is 0 Å². The number of hydrogen-bond donors (Lipinski definition) is 2. The smallest absolute Gasteiger partial charge is 0.193 e. The molecule has 0 aliphatic carbocycles. The van der Waals surface area contributed by atoms with Crippen LogP contribution < -0.4 is 11.1 Å². The van der Waals surface area contributed by atoms with Crippen molar-refractivity contribution in [2.24, 2.45) is 10.7 Å². The predicted molar refractivity (Wildman–Crippen MR) is 111 cm³/mol. The van der Waals surface area contributed by atoms with E-state index in [0.29, 0.717) is 12.5 Å². The highest BCUT2D eigenvalue weighted by atomic mass is 127. The molecule has 0 saturated heterocycles. The van der Waals surface area contributed by atoms with Crippen molar-refractivity contribution in [1.82, 2.24) is 4.98 Å². The first-order valence-electron chi connectivity index (χ1n) is 7.30. The van der Waals surface area contributed by atoms with Crippen molar-refractivity contribution in [3.63, 3.8) is 0 Å². The minimum absolute atomic E-state index is 0. The van der Waals surface area contributed by atoms with E-state index in [-0.39, 0.29) is 24.0 Å². The number of nitrogens with two attached hydrogens (primary N) is 1. The Morgan fingerprint density at radius 1 is 1.22 bits per heavy atom. The van der Waals surface area contributed by atoms with Gasteiger partial charge in [0.2, 0.25) is 0 Å². The summed E-state index contributed by atoms with van der Waals surface area (Å²) in [6.45, 7) is 6.83. The highest BCUT2D eigenvalue weighted by molar-refractivity contribution is 14.0. The lowest BCUT2D eigenvalue weighted by Gasteiger charge is -2.08. The molecule has 3 N–H and O–H groups in total.